The summed E-state index contributed by atoms with van der Waals surface area (Å²) in [5.41, 5.74) is 0. The van der Waals surface area contributed by atoms with Gasteiger partial charge in [-0.25, -0.2) is 4.98 Å². The van der Waals surface area contributed by atoms with Gasteiger partial charge in [0.15, 0.2) is 0 Å². The highest BCUT2D eigenvalue weighted by molar-refractivity contribution is 7.17. The highest BCUT2D eigenvalue weighted by atomic mass is 31.1. The SMILES string of the molecule is O=[PH2]Oc1ncncn1. The summed E-state index contributed by atoms with van der Waals surface area (Å²) in [4.78, 5) is 10.6. The van der Waals surface area contributed by atoms with Crippen LogP contribution in [0.1, 0.15) is 0 Å². The minimum absolute atomic E-state index is 0.106. The fourth-order valence-corrected chi connectivity index (χ4v) is 0.540. The van der Waals surface area contributed by atoms with E-state index in [-0.39, 0.29) is 6.01 Å². The zero-order chi connectivity index (χ0) is 6.53. The molecule has 6 heteroatoms. The number of rotatable bonds is 2. The van der Waals surface area contributed by atoms with Gasteiger partial charge in [-0.2, -0.15) is 9.97 Å². The third-order valence-corrected chi connectivity index (χ3v) is 0.930. The minimum Gasteiger partial charge on any atom is -0.414 e. The molecule has 1 aromatic heterocycles. The largest absolute Gasteiger partial charge is 0.414 e. The molecule has 0 aromatic carbocycles. The van der Waals surface area contributed by atoms with Gasteiger partial charge in [-0.15, -0.1) is 0 Å². The van der Waals surface area contributed by atoms with Gasteiger partial charge in [0.2, 0.25) is 8.69 Å². The Morgan fingerprint density at radius 2 is 2.11 bits per heavy atom. The van der Waals surface area contributed by atoms with Crippen molar-refractivity contribution in [3.63, 3.8) is 0 Å². The van der Waals surface area contributed by atoms with Crippen LogP contribution in [0.4, 0.5) is 0 Å². The molecule has 1 rings (SSSR count). The van der Waals surface area contributed by atoms with Gasteiger partial charge in [-0.05, 0) is 0 Å². The monoisotopic (exact) mass is 145 g/mol. The number of nitrogens with zero attached hydrogens (tertiary/aromatic N) is 3. The Bertz CT molecular complexity index is 192. The molecule has 0 saturated heterocycles. The van der Waals surface area contributed by atoms with Gasteiger partial charge in [0.25, 0.3) is 0 Å². The zero-order valence-electron chi connectivity index (χ0n) is 4.39. The first-order valence-electron chi connectivity index (χ1n) is 2.16. The highest BCUT2D eigenvalue weighted by Gasteiger charge is 1.88. The average Bonchev–Trinajstić information content (AvgIpc) is 1.91. The van der Waals surface area contributed by atoms with Gasteiger partial charge in [0.1, 0.15) is 12.7 Å². The molecular formula is C3H4N3O2P. The Balaban J connectivity index is 2.72. The first-order valence-corrected chi connectivity index (χ1v) is 3.10. The second-order valence-corrected chi connectivity index (χ2v) is 1.56. The molecule has 1 atom stereocenters. The van der Waals surface area contributed by atoms with E-state index in [1.54, 1.807) is 0 Å². The maximum Gasteiger partial charge on any atom is 0.324 e. The molecule has 0 aliphatic rings. The molecule has 5 nitrogen and oxygen atoms in total. The molecule has 0 amide bonds. The average molecular weight is 145 g/mol. The fraction of sp³-hybridized carbons (Fsp3) is 0. The Labute approximate surface area is 52.4 Å². The summed E-state index contributed by atoms with van der Waals surface area (Å²) >= 11 is 0. The van der Waals surface area contributed by atoms with Gasteiger partial charge in [-0.3, -0.25) is 4.57 Å². The molecule has 0 radical (unpaired) electrons. The Kier molecular flexibility index (Phi) is 2.15. The lowest BCUT2D eigenvalue weighted by Gasteiger charge is -1.89. The molecule has 0 fully saturated rings. The molecule has 0 spiro atoms. The summed E-state index contributed by atoms with van der Waals surface area (Å²) in [5, 5.41) is 0. The first kappa shape index (κ1) is 6.16. The van der Waals surface area contributed by atoms with Crippen LogP contribution >= 0.6 is 8.69 Å². The second-order valence-electron chi connectivity index (χ2n) is 1.13. The van der Waals surface area contributed by atoms with Crippen LogP contribution in [0.5, 0.6) is 6.01 Å². The predicted octanol–water partition coefficient (Wildman–Crippen LogP) is -0.0783. The topological polar surface area (TPSA) is 65.0 Å². The molecule has 1 unspecified atom stereocenters. The lowest BCUT2D eigenvalue weighted by atomic mass is 11.0. The number of aromatic nitrogens is 3. The van der Waals surface area contributed by atoms with Crippen LogP contribution in [-0.2, 0) is 4.57 Å². The summed E-state index contributed by atoms with van der Waals surface area (Å²) in [6.45, 7) is 0. The van der Waals surface area contributed by atoms with Crippen molar-refractivity contribution >= 4 is 8.69 Å². The minimum atomic E-state index is -1.28. The van der Waals surface area contributed by atoms with Crippen LogP contribution in [-0.4, -0.2) is 15.0 Å². The molecule has 0 saturated carbocycles. The smallest absolute Gasteiger partial charge is 0.324 e. The summed E-state index contributed by atoms with van der Waals surface area (Å²) < 4.78 is 14.3. The van der Waals surface area contributed by atoms with Crippen LogP contribution in [0.3, 0.4) is 0 Å². The van der Waals surface area contributed by atoms with Crippen LogP contribution in [0.25, 0.3) is 0 Å². The van der Waals surface area contributed by atoms with Crippen LogP contribution in [0.2, 0.25) is 0 Å². The molecule has 48 valence electrons. The van der Waals surface area contributed by atoms with Gasteiger partial charge in [0.05, 0.1) is 0 Å². The van der Waals surface area contributed by atoms with Gasteiger partial charge >= 0.3 is 6.01 Å². The van der Waals surface area contributed by atoms with E-state index >= 15 is 0 Å². The Hall–Kier alpha value is -0.960. The molecule has 1 heterocycles. The third-order valence-electron chi connectivity index (χ3n) is 0.623. The summed E-state index contributed by atoms with van der Waals surface area (Å²) in [7, 11) is -1.28. The fourth-order valence-electron chi connectivity index (χ4n) is 0.332. The molecule has 1 aromatic rings. The normalized spacial score (nSPS) is 10.2. The maximum atomic E-state index is 9.86. The lowest BCUT2D eigenvalue weighted by molar-refractivity contribution is 0.499. The van der Waals surface area contributed by atoms with Crippen molar-refractivity contribution in [2.45, 2.75) is 0 Å². The van der Waals surface area contributed by atoms with E-state index in [1.165, 1.54) is 12.7 Å². The molecule has 0 bridgehead atoms. The second kappa shape index (κ2) is 3.14. The number of hydrogen-bond donors (Lipinski definition) is 0. The molecular weight excluding hydrogens is 141 g/mol. The van der Waals surface area contributed by atoms with Gasteiger partial charge in [0, 0.05) is 0 Å². The van der Waals surface area contributed by atoms with E-state index in [0.29, 0.717) is 0 Å². The quantitative estimate of drug-likeness (QED) is 0.544. The first-order chi connectivity index (χ1) is 4.43. The predicted molar refractivity (Wildman–Crippen MR) is 30.9 cm³/mol. The van der Waals surface area contributed by atoms with Crippen molar-refractivity contribution in [3.8, 4) is 6.01 Å². The lowest BCUT2D eigenvalue weighted by Crippen LogP contribution is -1.85. The highest BCUT2D eigenvalue weighted by Crippen LogP contribution is 2.02. The zero-order valence-corrected chi connectivity index (χ0v) is 5.54. The summed E-state index contributed by atoms with van der Waals surface area (Å²) in [5.74, 6) is 0. The molecule has 0 aliphatic heterocycles. The van der Waals surface area contributed by atoms with Crippen LogP contribution in [0.15, 0.2) is 12.7 Å². The van der Waals surface area contributed by atoms with E-state index in [4.69, 9.17) is 0 Å². The van der Waals surface area contributed by atoms with E-state index in [0.717, 1.165) is 0 Å². The van der Waals surface area contributed by atoms with Crippen molar-refractivity contribution in [1.82, 2.24) is 15.0 Å². The van der Waals surface area contributed by atoms with Crippen molar-refractivity contribution < 1.29 is 9.09 Å². The van der Waals surface area contributed by atoms with Crippen LogP contribution < -0.4 is 4.52 Å². The van der Waals surface area contributed by atoms with E-state index in [1.807, 2.05) is 0 Å². The number of hydrogen-bond acceptors (Lipinski definition) is 5. The van der Waals surface area contributed by atoms with Crippen molar-refractivity contribution in [2.75, 3.05) is 0 Å². The Morgan fingerprint density at radius 3 is 2.67 bits per heavy atom. The van der Waals surface area contributed by atoms with E-state index in [2.05, 4.69) is 19.5 Å². The molecule has 0 aliphatic carbocycles. The third kappa shape index (κ3) is 1.77. The molecule has 9 heavy (non-hydrogen) atoms. The van der Waals surface area contributed by atoms with Gasteiger partial charge < -0.3 is 4.52 Å². The van der Waals surface area contributed by atoms with Crippen molar-refractivity contribution in [3.05, 3.63) is 12.7 Å². The van der Waals surface area contributed by atoms with Crippen molar-refractivity contribution in [2.24, 2.45) is 0 Å². The Morgan fingerprint density at radius 1 is 1.44 bits per heavy atom. The maximum absolute atomic E-state index is 9.86. The van der Waals surface area contributed by atoms with E-state index < -0.39 is 8.69 Å². The van der Waals surface area contributed by atoms with Crippen molar-refractivity contribution in [1.29, 1.82) is 0 Å². The standard InChI is InChI=1S/C3H4N3O2P/c7-9-8-3-5-1-4-2-6-3/h1-2H,9H2. The molecule has 0 N–H and O–H groups in total. The van der Waals surface area contributed by atoms with E-state index in [9.17, 15) is 4.57 Å². The summed E-state index contributed by atoms with van der Waals surface area (Å²) in [6, 6.07) is 0.106. The summed E-state index contributed by atoms with van der Waals surface area (Å²) in [6.07, 6.45) is 2.55. The van der Waals surface area contributed by atoms with Gasteiger partial charge in [-0.1, -0.05) is 0 Å². The van der Waals surface area contributed by atoms with Crippen LogP contribution in [0, 0.1) is 0 Å².